The number of carboxylic acid groups (broad SMARTS) is 1. The summed E-state index contributed by atoms with van der Waals surface area (Å²) in [5.41, 5.74) is 5.04. The second-order valence-electron chi connectivity index (χ2n) is 6.43. The molecule has 3 N–H and O–H groups in total. The fourth-order valence-corrected chi connectivity index (χ4v) is 2.89. The highest BCUT2D eigenvalue weighted by molar-refractivity contribution is 6.42. The van der Waals surface area contributed by atoms with Crippen LogP contribution in [0.3, 0.4) is 0 Å². The van der Waals surface area contributed by atoms with E-state index in [4.69, 9.17) is 9.84 Å². The largest absolute Gasteiger partial charge is 0.497 e. The minimum atomic E-state index is -0.951. The number of ether oxygens (including phenoxy) is 1. The second kappa shape index (κ2) is 9.42. The van der Waals surface area contributed by atoms with Gasteiger partial charge in [-0.25, -0.2) is 0 Å². The van der Waals surface area contributed by atoms with E-state index in [2.05, 4.69) is 10.7 Å². The zero-order chi connectivity index (χ0) is 21.5. The molecule has 3 rings (SSSR count). The van der Waals surface area contributed by atoms with Crippen LogP contribution < -0.4 is 15.5 Å². The molecule has 0 unspecified atom stereocenters. The standard InChI is InChI=1S/C22H21N3O5/c1-30-18-11-7-16(8-12-18)23-21(28)22(29)24-25-17(10-14-20(26)27)9-13-19(25)15-5-3-2-4-6-15/h2-9,11-13H,10,14H2,1H3,(H,23,28)(H,24,29)(H,26,27). The van der Waals surface area contributed by atoms with Crippen LogP contribution in [0.15, 0.2) is 66.7 Å². The van der Waals surface area contributed by atoms with Gasteiger partial charge in [0.05, 0.1) is 19.2 Å². The molecule has 0 aliphatic rings. The van der Waals surface area contributed by atoms with Crippen LogP contribution in [0.4, 0.5) is 5.69 Å². The van der Waals surface area contributed by atoms with E-state index in [1.54, 1.807) is 36.4 Å². The van der Waals surface area contributed by atoms with E-state index in [0.717, 1.165) is 5.56 Å². The van der Waals surface area contributed by atoms with Gasteiger partial charge in [0.25, 0.3) is 0 Å². The first kappa shape index (κ1) is 20.7. The van der Waals surface area contributed by atoms with E-state index >= 15 is 0 Å². The van der Waals surface area contributed by atoms with Gasteiger partial charge >= 0.3 is 17.8 Å². The first-order valence-corrected chi connectivity index (χ1v) is 9.22. The van der Waals surface area contributed by atoms with Crippen LogP contribution in [0.25, 0.3) is 11.3 Å². The van der Waals surface area contributed by atoms with E-state index in [-0.39, 0.29) is 12.8 Å². The molecule has 8 nitrogen and oxygen atoms in total. The molecule has 2 amide bonds. The number of aliphatic carboxylic acids is 1. The third-order valence-electron chi connectivity index (χ3n) is 4.39. The molecule has 2 aromatic carbocycles. The van der Waals surface area contributed by atoms with Gasteiger partial charge < -0.3 is 15.2 Å². The molecule has 0 aliphatic heterocycles. The van der Waals surface area contributed by atoms with Crippen molar-refractivity contribution in [2.75, 3.05) is 17.9 Å². The van der Waals surface area contributed by atoms with Crippen molar-refractivity contribution >= 4 is 23.5 Å². The lowest BCUT2D eigenvalue weighted by Gasteiger charge is -2.15. The first-order chi connectivity index (χ1) is 14.5. The van der Waals surface area contributed by atoms with E-state index in [1.165, 1.54) is 11.8 Å². The maximum atomic E-state index is 12.5. The van der Waals surface area contributed by atoms with Gasteiger partial charge in [-0.15, -0.1) is 0 Å². The number of nitrogens with zero attached hydrogens (tertiary/aromatic N) is 1. The molecule has 154 valence electrons. The van der Waals surface area contributed by atoms with Crippen LogP contribution in [-0.4, -0.2) is 34.7 Å². The Hall–Kier alpha value is -4.07. The Morgan fingerprint density at radius 1 is 0.933 bits per heavy atom. The molecule has 0 saturated carbocycles. The normalized spacial score (nSPS) is 10.3. The Bertz CT molecular complexity index is 1040. The van der Waals surface area contributed by atoms with Crippen molar-refractivity contribution in [1.29, 1.82) is 0 Å². The summed E-state index contributed by atoms with van der Waals surface area (Å²) < 4.78 is 6.52. The Kier molecular flexibility index (Phi) is 6.49. The lowest BCUT2D eigenvalue weighted by atomic mass is 10.2. The number of amides is 2. The summed E-state index contributed by atoms with van der Waals surface area (Å²) >= 11 is 0. The summed E-state index contributed by atoms with van der Waals surface area (Å²) in [6, 6.07) is 19.3. The molecule has 0 bridgehead atoms. The van der Waals surface area contributed by atoms with Crippen LogP contribution in [0.5, 0.6) is 5.75 Å². The van der Waals surface area contributed by atoms with Gasteiger partial charge in [-0.2, -0.15) is 0 Å². The van der Waals surface area contributed by atoms with Gasteiger partial charge in [0.2, 0.25) is 0 Å². The number of aromatic nitrogens is 1. The van der Waals surface area contributed by atoms with Crippen molar-refractivity contribution in [3.63, 3.8) is 0 Å². The fourth-order valence-electron chi connectivity index (χ4n) is 2.89. The summed E-state index contributed by atoms with van der Waals surface area (Å²) in [7, 11) is 1.53. The Morgan fingerprint density at radius 3 is 2.27 bits per heavy atom. The van der Waals surface area contributed by atoms with Gasteiger partial charge in [0.1, 0.15) is 5.75 Å². The van der Waals surface area contributed by atoms with Crippen LogP contribution in [0, 0.1) is 0 Å². The number of carbonyl (C=O) groups is 3. The summed E-state index contributed by atoms with van der Waals surface area (Å²) in [5.74, 6) is -2.05. The molecule has 0 atom stereocenters. The zero-order valence-corrected chi connectivity index (χ0v) is 16.3. The van der Waals surface area contributed by atoms with E-state index in [9.17, 15) is 14.4 Å². The molecule has 0 radical (unpaired) electrons. The number of methoxy groups -OCH3 is 1. The average molecular weight is 407 g/mol. The molecule has 0 aliphatic carbocycles. The molecular weight excluding hydrogens is 386 g/mol. The third kappa shape index (κ3) is 5.05. The monoisotopic (exact) mass is 407 g/mol. The molecule has 0 fully saturated rings. The summed E-state index contributed by atoms with van der Waals surface area (Å²) in [5, 5.41) is 11.5. The van der Waals surface area contributed by atoms with Gasteiger partial charge in [-0.1, -0.05) is 30.3 Å². The lowest BCUT2D eigenvalue weighted by Crippen LogP contribution is -2.35. The fraction of sp³-hybridized carbons (Fsp3) is 0.136. The number of carbonyl (C=O) groups excluding carboxylic acids is 2. The molecule has 1 heterocycles. The predicted molar refractivity (Wildman–Crippen MR) is 112 cm³/mol. The number of rotatable bonds is 7. The Labute approximate surface area is 173 Å². The van der Waals surface area contributed by atoms with Gasteiger partial charge in [-0.05, 0) is 36.4 Å². The lowest BCUT2D eigenvalue weighted by molar-refractivity contribution is -0.137. The second-order valence-corrected chi connectivity index (χ2v) is 6.43. The van der Waals surface area contributed by atoms with Crippen LogP contribution >= 0.6 is 0 Å². The minimum Gasteiger partial charge on any atom is -0.497 e. The smallest absolute Gasteiger partial charge is 0.328 e. The third-order valence-corrected chi connectivity index (χ3v) is 4.39. The number of hydrogen-bond acceptors (Lipinski definition) is 4. The highest BCUT2D eigenvalue weighted by Crippen LogP contribution is 2.22. The van der Waals surface area contributed by atoms with Crippen molar-refractivity contribution in [2.24, 2.45) is 0 Å². The Balaban J connectivity index is 1.80. The number of benzene rings is 2. The number of carboxylic acids is 1. The summed E-state index contributed by atoms with van der Waals surface area (Å²) in [6.45, 7) is 0. The van der Waals surface area contributed by atoms with E-state index < -0.39 is 17.8 Å². The van der Waals surface area contributed by atoms with E-state index in [1.807, 2.05) is 30.3 Å². The molecule has 3 aromatic rings. The highest BCUT2D eigenvalue weighted by Gasteiger charge is 2.18. The van der Waals surface area contributed by atoms with Crippen molar-refractivity contribution in [1.82, 2.24) is 4.68 Å². The number of aryl methyl sites for hydroxylation is 1. The number of nitrogens with one attached hydrogen (secondary N) is 2. The van der Waals surface area contributed by atoms with Gasteiger partial charge in [0.15, 0.2) is 0 Å². The van der Waals surface area contributed by atoms with Crippen LogP contribution in [-0.2, 0) is 20.8 Å². The first-order valence-electron chi connectivity index (χ1n) is 9.22. The maximum absolute atomic E-state index is 12.5. The van der Waals surface area contributed by atoms with Crippen molar-refractivity contribution < 1.29 is 24.2 Å². The van der Waals surface area contributed by atoms with Crippen LogP contribution in [0.1, 0.15) is 12.1 Å². The minimum absolute atomic E-state index is 0.105. The van der Waals surface area contributed by atoms with Crippen molar-refractivity contribution in [2.45, 2.75) is 12.8 Å². The van der Waals surface area contributed by atoms with Crippen molar-refractivity contribution in [3.05, 3.63) is 72.4 Å². The van der Waals surface area contributed by atoms with Gasteiger partial charge in [-0.3, -0.25) is 24.5 Å². The molecule has 1 aromatic heterocycles. The number of anilines is 1. The predicted octanol–water partition coefficient (Wildman–Crippen LogP) is 2.89. The number of hydrogen-bond donors (Lipinski definition) is 3. The van der Waals surface area contributed by atoms with Gasteiger partial charge in [0, 0.05) is 23.4 Å². The zero-order valence-electron chi connectivity index (χ0n) is 16.3. The molecular formula is C22H21N3O5. The highest BCUT2D eigenvalue weighted by atomic mass is 16.5. The summed E-state index contributed by atoms with van der Waals surface area (Å²) in [4.78, 5) is 35.9. The summed E-state index contributed by atoms with van der Waals surface area (Å²) in [6.07, 6.45) is 0.0920. The molecule has 30 heavy (non-hydrogen) atoms. The van der Waals surface area contributed by atoms with Crippen molar-refractivity contribution in [3.8, 4) is 17.0 Å². The quantitative estimate of drug-likeness (QED) is 0.522. The Morgan fingerprint density at radius 2 is 1.63 bits per heavy atom. The topological polar surface area (TPSA) is 110 Å². The average Bonchev–Trinajstić information content (AvgIpc) is 3.15. The van der Waals surface area contributed by atoms with Crippen LogP contribution in [0.2, 0.25) is 0 Å². The van der Waals surface area contributed by atoms with E-state index in [0.29, 0.717) is 22.8 Å². The molecule has 0 spiro atoms. The SMILES string of the molecule is COc1ccc(NC(=O)C(=O)Nn2c(CCC(=O)O)ccc2-c2ccccc2)cc1. The molecule has 8 heteroatoms. The molecule has 0 saturated heterocycles. The maximum Gasteiger partial charge on any atom is 0.328 e.